The fraction of sp³-hybridized carbons (Fsp3) is 0.370. The third-order valence-electron chi connectivity index (χ3n) is 18.1. The first-order valence-corrected chi connectivity index (χ1v) is 31.8. The van der Waals surface area contributed by atoms with Crippen LogP contribution in [-0.2, 0) is 4.79 Å². The molecule has 0 radical (unpaired) electrons. The van der Waals surface area contributed by atoms with Crippen molar-refractivity contribution in [3.05, 3.63) is 202 Å². The third kappa shape index (κ3) is 14.7. The van der Waals surface area contributed by atoms with E-state index in [9.17, 15) is 24.0 Å². The van der Waals surface area contributed by atoms with Gasteiger partial charge in [-0.15, -0.1) is 0 Å². The number of likely N-dealkylation sites (N-methyl/N-ethyl adjacent to an activating group) is 1. The van der Waals surface area contributed by atoms with Gasteiger partial charge in [-0.2, -0.15) is 0 Å². The van der Waals surface area contributed by atoms with Gasteiger partial charge in [-0.3, -0.25) is 43.6 Å². The highest BCUT2D eigenvalue weighted by Gasteiger charge is 2.45. The molecule has 5 amide bonds. The number of carbonyl (C=O) groups excluding carboxylic acids is 5. The van der Waals surface area contributed by atoms with Gasteiger partial charge in [-0.25, -0.2) is 4.98 Å². The van der Waals surface area contributed by atoms with E-state index in [1.165, 1.54) is 20.9 Å². The molecular formula is C73H86N10O9. The molecule has 5 heterocycles. The zero-order chi connectivity index (χ0) is 64.8. The van der Waals surface area contributed by atoms with Crippen LogP contribution in [0.2, 0.25) is 0 Å². The summed E-state index contributed by atoms with van der Waals surface area (Å²) >= 11 is 0. The molecule has 6 aromatic carbocycles. The van der Waals surface area contributed by atoms with Gasteiger partial charge in [0.15, 0.2) is 23.0 Å². The van der Waals surface area contributed by atoms with Crippen molar-refractivity contribution in [2.24, 2.45) is 0 Å². The van der Waals surface area contributed by atoms with E-state index in [2.05, 4.69) is 97.6 Å². The molecule has 19 nitrogen and oxygen atoms in total. The Morgan fingerprint density at radius 3 is 1.34 bits per heavy atom. The number of aromatic nitrogens is 1. The Bertz CT molecular complexity index is 3670. The molecule has 4 aliphatic rings. The fourth-order valence-corrected chi connectivity index (χ4v) is 13.1. The van der Waals surface area contributed by atoms with Crippen LogP contribution in [0, 0.1) is 0 Å². The molecule has 0 saturated carbocycles. The number of hydrogen-bond acceptors (Lipinski definition) is 16. The van der Waals surface area contributed by atoms with Crippen molar-refractivity contribution in [3.63, 3.8) is 0 Å². The average Bonchev–Trinajstić information content (AvgIpc) is 1.61. The molecular weight excluding hydrogens is 1160 g/mol. The molecule has 0 spiro atoms. The Balaban J connectivity index is 0.000000202. The number of rotatable bonds is 25. The molecule has 0 bridgehead atoms. The lowest BCUT2D eigenvalue weighted by Crippen LogP contribution is -2.47. The summed E-state index contributed by atoms with van der Waals surface area (Å²) in [5, 5.41) is 6.28. The normalized spacial score (nSPS) is 16.3. The van der Waals surface area contributed by atoms with Gasteiger partial charge < -0.3 is 44.3 Å². The van der Waals surface area contributed by atoms with Gasteiger partial charge in [0, 0.05) is 83.7 Å². The van der Waals surface area contributed by atoms with Gasteiger partial charge in [0.05, 0.1) is 80.7 Å². The summed E-state index contributed by atoms with van der Waals surface area (Å²) < 4.78 is 22.1. The molecule has 2 N–H and O–H groups in total. The third-order valence-corrected chi connectivity index (χ3v) is 18.1. The second-order valence-electron chi connectivity index (χ2n) is 23.9. The minimum Gasteiger partial charge on any atom is -0.493 e. The SMILES string of the molecule is COc1ccc([C@@H](CCCNC(=O)CN(C)C)N2C(=O)c3cccc(N4CCN([C@H](C)c5ccccc5)CC4)c3C2=O)cc1OC.COc1ccc([C@@H](CCCNc2ccccn2)N2C(=O)c3cccc(N4CCN([C@H](C)c5ccccc5)CC4)c3C2=O)cc1OC. The van der Waals surface area contributed by atoms with Gasteiger partial charge in [0.2, 0.25) is 5.91 Å². The molecule has 2 fully saturated rings. The summed E-state index contributed by atoms with van der Waals surface area (Å²) in [7, 11) is 9.99. The predicted octanol–water partition coefficient (Wildman–Crippen LogP) is 10.6. The van der Waals surface area contributed by atoms with E-state index in [0.29, 0.717) is 103 Å². The molecule has 19 heteroatoms. The maximum absolute atomic E-state index is 14.4. The number of anilines is 3. The first kappa shape index (κ1) is 65.6. The number of imide groups is 2. The van der Waals surface area contributed by atoms with Crippen LogP contribution in [0.15, 0.2) is 158 Å². The van der Waals surface area contributed by atoms with E-state index in [0.717, 1.165) is 80.7 Å². The Kier molecular flexibility index (Phi) is 21.9. The largest absolute Gasteiger partial charge is 0.493 e. The molecule has 0 aliphatic carbocycles. The lowest BCUT2D eigenvalue weighted by molar-refractivity contribution is -0.121. The molecule has 4 atom stereocenters. The summed E-state index contributed by atoms with van der Waals surface area (Å²) in [4.78, 5) is 87.4. The summed E-state index contributed by atoms with van der Waals surface area (Å²) in [6.45, 7) is 12.3. The van der Waals surface area contributed by atoms with E-state index >= 15 is 0 Å². The average molecular weight is 1250 g/mol. The lowest BCUT2D eigenvalue weighted by Gasteiger charge is -2.39. The Hall–Kier alpha value is -9.30. The number of ether oxygens (including phenoxy) is 4. The van der Waals surface area contributed by atoms with Crippen LogP contribution >= 0.6 is 0 Å². The maximum Gasteiger partial charge on any atom is 0.264 e. The second-order valence-corrected chi connectivity index (χ2v) is 23.9. The first-order chi connectivity index (χ1) is 44.7. The van der Waals surface area contributed by atoms with E-state index in [-0.39, 0.29) is 29.5 Å². The number of nitrogens with zero attached hydrogens (tertiary/aromatic N) is 8. The van der Waals surface area contributed by atoms with Crippen LogP contribution in [0.25, 0.3) is 0 Å². The second kappa shape index (κ2) is 30.7. The minimum absolute atomic E-state index is 0.0729. The zero-order valence-electron chi connectivity index (χ0n) is 54.2. The zero-order valence-corrected chi connectivity index (χ0v) is 54.2. The van der Waals surface area contributed by atoms with Crippen LogP contribution in [0.5, 0.6) is 23.0 Å². The standard InChI is InChI=1S/C37H41N5O4.C36H45N5O5/c1-26(27-11-5-4-6-12-27)40-21-23-41(24-22-40)31-14-9-13-29-35(31)37(44)42(36(29)43)30(15-10-20-39-34-16-7-8-19-38-34)28-17-18-32(45-2)33(25-28)46-3;1-25(26-11-7-6-8-12-26)39-19-21-40(22-20-39)30-14-9-13-28-34(30)36(44)41(35(28)43)29(15-10-18-37-33(42)24-38(2)3)27-16-17-31(45-4)32(23-27)46-5/h4-9,11-14,16-19,25-26,30H,10,15,20-24H2,1-3H3,(H,38,39);6-9,11-14,16-17,23,25,29H,10,15,18-22,24H2,1-5H3,(H,37,42)/t26-,30-;25-,29-/m11/s1. The van der Waals surface area contributed by atoms with Crippen molar-refractivity contribution in [2.75, 3.05) is 130 Å². The Morgan fingerprint density at radius 1 is 0.489 bits per heavy atom. The van der Waals surface area contributed by atoms with Crippen LogP contribution < -0.4 is 39.4 Å². The molecule has 1 aromatic heterocycles. The Labute approximate surface area is 540 Å². The van der Waals surface area contributed by atoms with Gasteiger partial charge >= 0.3 is 0 Å². The quantitative estimate of drug-likeness (QED) is 0.0407. The van der Waals surface area contributed by atoms with Crippen molar-refractivity contribution in [2.45, 2.75) is 63.7 Å². The van der Waals surface area contributed by atoms with Crippen LogP contribution in [0.1, 0.15) is 127 Å². The minimum atomic E-state index is -0.561. The first-order valence-electron chi connectivity index (χ1n) is 31.8. The maximum atomic E-state index is 14.4. The highest BCUT2D eigenvalue weighted by molar-refractivity contribution is 6.25. The summed E-state index contributed by atoms with van der Waals surface area (Å²) in [6.07, 6.45) is 4.05. The summed E-state index contributed by atoms with van der Waals surface area (Å²) in [5.41, 5.74) is 7.62. The molecule has 92 heavy (non-hydrogen) atoms. The van der Waals surface area contributed by atoms with Crippen LogP contribution in [-0.4, -0.2) is 174 Å². The number of methoxy groups -OCH3 is 4. The van der Waals surface area contributed by atoms with Gasteiger partial charge in [0.25, 0.3) is 23.6 Å². The summed E-state index contributed by atoms with van der Waals surface area (Å²) in [5.74, 6) is 1.80. The topological polar surface area (TPSA) is 182 Å². The number of amides is 5. The van der Waals surface area contributed by atoms with E-state index < -0.39 is 12.1 Å². The van der Waals surface area contributed by atoms with Crippen LogP contribution in [0.4, 0.5) is 17.2 Å². The fourth-order valence-electron chi connectivity index (χ4n) is 13.1. The molecule has 482 valence electrons. The monoisotopic (exact) mass is 1250 g/mol. The Morgan fingerprint density at radius 2 is 0.924 bits per heavy atom. The molecule has 0 unspecified atom stereocenters. The van der Waals surface area contributed by atoms with Crippen LogP contribution in [0.3, 0.4) is 0 Å². The molecule has 2 saturated heterocycles. The van der Waals surface area contributed by atoms with E-state index in [1.807, 2.05) is 104 Å². The number of carbonyl (C=O) groups is 5. The highest BCUT2D eigenvalue weighted by Crippen LogP contribution is 2.43. The number of pyridine rings is 1. The van der Waals surface area contributed by atoms with Crippen molar-refractivity contribution in [3.8, 4) is 23.0 Å². The number of piperazine rings is 2. The van der Waals surface area contributed by atoms with Crippen molar-refractivity contribution in [1.29, 1.82) is 0 Å². The van der Waals surface area contributed by atoms with Gasteiger partial charge in [-0.1, -0.05) is 91.0 Å². The van der Waals surface area contributed by atoms with Crippen molar-refractivity contribution in [1.82, 2.24) is 34.8 Å². The van der Waals surface area contributed by atoms with Crippen molar-refractivity contribution < 1.29 is 42.9 Å². The van der Waals surface area contributed by atoms with Gasteiger partial charge in [-0.05, 0) is 137 Å². The van der Waals surface area contributed by atoms with Crippen molar-refractivity contribution >= 4 is 46.7 Å². The number of nitrogens with one attached hydrogen (secondary N) is 2. The molecule has 7 aromatic rings. The van der Waals surface area contributed by atoms with E-state index in [4.69, 9.17) is 18.9 Å². The van der Waals surface area contributed by atoms with E-state index in [1.54, 1.807) is 52.8 Å². The number of fused-ring (bicyclic) bond motifs is 2. The molecule has 4 aliphatic heterocycles. The molecule has 11 rings (SSSR count). The lowest BCUT2D eigenvalue weighted by atomic mass is 9.99. The number of hydrogen-bond donors (Lipinski definition) is 2. The predicted molar refractivity (Wildman–Crippen MR) is 359 cm³/mol. The summed E-state index contributed by atoms with van der Waals surface area (Å²) in [6, 6.07) is 48.6. The number of benzene rings is 6. The highest BCUT2D eigenvalue weighted by atomic mass is 16.5. The van der Waals surface area contributed by atoms with Gasteiger partial charge in [0.1, 0.15) is 5.82 Å². The smallest absolute Gasteiger partial charge is 0.264 e.